The van der Waals surface area contributed by atoms with Crippen LogP contribution in [0.15, 0.2) is 36.7 Å². The highest BCUT2D eigenvalue weighted by molar-refractivity contribution is 6.06. The van der Waals surface area contributed by atoms with Crippen LogP contribution in [0.3, 0.4) is 0 Å². The van der Waals surface area contributed by atoms with Crippen molar-refractivity contribution in [3.63, 3.8) is 0 Å². The van der Waals surface area contributed by atoms with Crippen molar-refractivity contribution >= 4 is 23.2 Å². The number of rotatable bonds is 7. The minimum Gasteiger partial charge on any atom is -0.492 e. The Morgan fingerprint density at radius 2 is 2.18 bits per heavy atom. The summed E-state index contributed by atoms with van der Waals surface area (Å²) in [5.74, 6) is 4.78. The molecule has 0 aliphatic carbocycles. The third-order valence-electron chi connectivity index (χ3n) is 6.86. The van der Waals surface area contributed by atoms with Crippen molar-refractivity contribution in [3.8, 4) is 34.6 Å². The number of amides is 2. The number of methoxy groups -OCH3 is 1. The van der Waals surface area contributed by atoms with Gasteiger partial charge in [-0.25, -0.2) is 4.39 Å². The Kier molecular flexibility index (Phi) is 6.92. The first-order valence-corrected chi connectivity index (χ1v) is 12.4. The molecule has 1 fully saturated rings. The molecule has 4 heterocycles. The van der Waals surface area contributed by atoms with Crippen LogP contribution in [-0.2, 0) is 11.2 Å². The summed E-state index contributed by atoms with van der Waals surface area (Å²) in [6.45, 7) is 4.67. The van der Waals surface area contributed by atoms with E-state index in [0.29, 0.717) is 53.5 Å². The molecule has 0 spiro atoms. The van der Waals surface area contributed by atoms with Crippen LogP contribution >= 0.6 is 0 Å². The third-order valence-corrected chi connectivity index (χ3v) is 6.86. The molecule has 5 rings (SSSR count). The topological polar surface area (TPSA) is 109 Å². The lowest BCUT2D eigenvalue weighted by atomic mass is 9.97. The zero-order valence-electron chi connectivity index (χ0n) is 21.4. The van der Waals surface area contributed by atoms with Crippen LogP contribution in [0.2, 0.25) is 0 Å². The van der Waals surface area contributed by atoms with Gasteiger partial charge in [-0.1, -0.05) is 12.0 Å². The third kappa shape index (κ3) is 4.52. The summed E-state index contributed by atoms with van der Waals surface area (Å²) in [7, 11) is 1.39. The first kappa shape index (κ1) is 25.1. The maximum atomic E-state index is 14.5. The zero-order chi connectivity index (χ0) is 26.8. The van der Waals surface area contributed by atoms with E-state index in [1.165, 1.54) is 13.2 Å². The molecule has 1 aromatic carbocycles. The average molecular weight is 518 g/mol. The van der Waals surface area contributed by atoms with Gasteiger partial charge in [0.15, 0.2) is 11.6 Å². The molecular formula is C28H28FN5O4. The fraction of sp³-hybridized carbons (Fsp3) is 0.321. The second-order valence-corrected chi connectivity index (χ2v) is 9.10. The van der Waals surface area contributed by atoms with E-state index in [1.807, 2.05) is 6.92 Å². The monoisotopic (exact) mass is 517 g/mol. The number of H-pyrrole nitrogens is 1. The number of carbonyl (C=O) groups is 2. The van der Waals surface area contributed by atoms with Gasteiger partial charge in [0, 0.05) is 37.0 Å². The number of halogens is 1. The van der Waals surface area contributed by atoms with Crippen LogP contribution < -0.4 is 20.1 Å². The number of benzene rings is 1. The zero-order valence-corrected chi connectivity index (χ0v) is 21.4. The van der Waals surface area contributed by atoms with Gasteiger partial charge in [-0.2, -0.15) is 0 Å². The molecule has 2 amide bonds. The molecule has 0 radical (unpaired) electrons. The Labute approximate surface area is 219 Å². The molecule has 0 saturated carbocycles. The minimum atomic E-state index is -0.526. The van der Waals surface area contributed by atoms with Crippen molar-refractivity contribution in [2.45, 2.75) is 38.8 Å². The number of likely N-dealkylation sites (tertiary alicyclic amines) is 1. The van der Waals surface area contributed by atoms with Crippen LogP contribution in [0.25, 0.3) is 11.3 Å². The van der Waals surface area contributed by atoms with E-state index in [4.69, 9.17) is 9.47 Å². The van der Waals surface area contributed by atoms with E-state index in [9.17, 15) is 14.0 Å². The van der Waals surface area contributed by atoms with E-state index in [-0.39, 0.29) is 29.7 Å². The van der Waals surface area contributed by atoms with Gasteiger partial charge in [-0.3, -0.25) is 14.6 Å². The first-order chi connectivity index (χ1) is 18.4. The van der Waals surface area contributed by atoms with Gasteiger partial charge in [0.25, 0.3) is 11.8 Å². The average Bonchev–Trinajstić information content (AvgIpc) is 3.23. The molecule has 2 aliphatic heterocycles. The standard InChI is InChI=1S/C28H28FN5O4/c1-4-6-23(35)34-14-11-21(34)16(2)38-22-15-30-12-9-17(22)25-26(24-19(32-25)10-13-31-28(24)36)33-20-8-5-7-18(29)27(20)37-3/h5,7-9,12,15-16,21,32-33H,10-11,13-14H2,1-3H3,(H,31,36)/t16-,21+/m0/s1. The molecule has 3 aromatic rings. The summed E-state index contributed by atoms with van der Waals surface area (Å²) < 4.78 is 26.1. The summed E-state index contributed by atoms with van der Waals surface area (Å²) in [5.41, 5.74) is 3.32. The van der Waals surface area contributed by atoms with Gasteiger partial charge >= 0.3 is 0 Å². The molecule has 1 saturated heterocycles. The number of hydrogen-bond acceptors (Lipinski definition) is 6. The van der Waals surface area contributed by atoms with Crippen molar-refractivity contribution in [2.24, 2.45) is 0 Å². The van der Waals surface area contributed by atoms with Crippen molar-refractivity contribution in [1.29, 1.82) is 0 Å². The molecule has 10 heteroatoms. The van der Waals surface area contributed by atoms with Crippen LogP contribution in [0.1, 0.15) is 36.3 Å². The lowest BCUT2D eigenvalue weighted by Crippen LogP contribution is -2.57. The predicted octanol–water partition coefficient (Wildman–Crippen LogP) is 3.65. The molecule has 0 unspecified atom stereocenters. The molecule has 0 bridgehead atoms. The minimum absolute atomic E-state index is 0.0364. The number of para-hydroxylation sites is 1. The van der Waals surface area contributed by atoms with Crippen LogP contribution in [0.5, 0.6) is 11.5 Å². The highest BCUT2D eigenvalue weighted by Crippen LogP contribution is 2.42. The number of ether oxygens (including phenoxy) is 2. The predicted molar refractivity (Wildman–Crippen MR) is 140 cm³/mol. The van der Waals surface area contributed by atoms with Gasteiger partial charge in [0.05, 0.1) is 42.0 Å². The van der Waals surface area contributed by atoms with E-state index in [0.717, 1.165) is 12.1 Å². The molecule has 9 nitrogen and oxygen atoms in total. The van der Waals surface area contributed by atoms with E-state index >= 15 is 0 Å². The van der Waals surface area contributed by atoms with Gasteiger partial charge in [0.2, 0.25) is 0 Å². The Morgan fingerprint density at radius 3 is 2.92 bits per heavy atom. The fourth-order valence-electron chi connectivity index (χ4n) is 4.94. The molecule has 196 valence electrons. The van der Waals surface area contributed by atoms with Gasteiger partial charge in [-0.15, -0.1) is 0 Å². The maximum absolute atomic E-state index is 14.5. The number of carbonyl (C=O) groups excluding carboxylic acids is 2. The Balaban J connectivity index is 1.53. The molecule has 38 heavy (non-hydrogen) atoms. The summed E-state index contributed by atoms with van der Waals surface area (Å²) in [6, 6.07) is 6.22. The normalized spacial score (nSPS) is 16.8. The lowest BCUT2D eigenvalue weighted by Gasteiger charge is -2.43. The number of nitrogens with zero attached hydrogens (tertiary/aromatic N) is 2. The SMILES string of the molecule is CC#CC(=O)N1CC[C@@H]1[C@H](C)Oc1cnccc1-c1[nH]c2c(c1Nc1cccc(F)c1OC)C(=O)NCC2. The van der Waals surface area contributed by atoms with Gasteiger partial charge < -0.3 is 30.0 Å². The van der Waals surface area contributed by atoms with Crippen LogP contribution in [-0.4, -0.2) is 59.0 Å². The largest absolute Gasteiger partial charge is 0.492 e. The summed E-state index contributed by atoms with van der Waals surface area (Å²) >= 11 is 0. The number of fused-ring (bicyclic) bond motifs is 1. The van der Waals surface area contributed by atoms with Crippen LogP contribution in [0, 0.1) is 17.7 Å². The summed E-state index contributed by atoms with van der Waals surface area (Å²) in [6.07, 6.45) is 4.31. The van der Waals surface area contributed by atoms with Crippen molar-refractivity contribution in [3.05, 3.63) is 53.7 Å². The van der Waals surface area contributed by atoms with Crippen molar-refractivity contribution < 1.29 is 23.5 Å². The fourth-order valence-corrected chi connectivity index (χ4v) is 4.94. The number of anilines is 2. The Bertz CT molecular complexity index is 1460. The first-order valence-electron chi connectivity index (χ1n) is 12.4. The van der Waals surface area contributed by atoms with Crippen molar-refractivity contribution in [2.75, 3.05) is 25.5 Å². The highest BCUT2D eigenvalue weighted by Gasteiger charge is 2.37. The number of aromatic nitrogens is 2. The number of nitrogens with one attached hydrogen (secondary N) is 3. The van der Waals surface area contributed by atoms with Gasteiger partial charge in [-0.05, 0) is 44.4 Å². The summed E-state index contributed by atoms with van der Waals surface area (Å²) in [5, 5.41) is 6.11. The number of pyridine rings is 1. The number of hydrogen-bond donors (Lipinski definition) is 3. The molecule has 2 atom stereocenters. The highest BCUT2D eigenvalue weighted by atomic mass is 19.1. The second-order valence-electron chi connectivity index (χ2n) is 9.10. The quantitative estimate of drug-likeness (QED) is 0.413. The van der Waals surface area contributed by atoms with E-state index in [2.05, 4.69) is 32.4 Å². The van der Waals surface area contributed by atoms with Crippen molar-refractivity contribution in [1.82, 2.24) is 20.2 Å². The summed E-state index contributed by atoms with van der Waals surface area (Å²) in [4.78, 5) is 34.6. The van der Waals surface area contributed by atoms with E-state index in [1.54, 1.807) is 42.4 Å². The Hall–Kier alpha value is -4.52. The lowest BCUT2D eigenvalue weighted by molar-refractivity contribution is -0.135. The van der Waals surface area contributed by atoms with Crippen LogP contribution in [0.4, 0.5) is 15.8 Å². The maximum Gasteiger partial charge on any atom is 0.298 e. The molecular weight excluding hydrogens is 489 g/mol. The van der Waals surface area contributed by atoms with Gasteiger partial charge in [0.1, 0.15) is 11.9 Å². The number of aromatic amines is 1. The smallest absolute Gasteiger partial charge is 0.298 e. The van der Waals surface area contributed by atoms with E-state index < -0.39 is 5.82 Å². The Morgan fingerprint density at radius 1 is 1.34 bits per heavy atom. The molecule has 2 aromatic heterocycles. The molecule has 2 aliphatic rings. The second kappa shape index (κ2) is 10.5. The molecule has 3 N–H and O–H groups in total.